The molecule has 0 saturated carbocycles. The topological polar surface area (TPSA) is 71.5 Å². The van der Waals surface area contributed by atoms with E-state index in [0.29, 0.717) is 12.3 Å². The van der Waals surface area contributed by atoms with Crippen molar-refractivity contribution in [2.24, 2.45) is 0 Å². The van der Waals surface area contributed by atoms with Crippen LogP contribution in [0.1, 0.15) is 46.5 Å². The predicted octanol–water partition coefficient (Wildman–Crippen LogP) is 4.12. The minimum atomic E-state index is -0.241. The number of benzene rings is 1. The molecule has 28 heavy (non-hydrogen) atoms. The minimum absolute atomic E-state index is 0.0311. The lowest BCUT2D eigenvalue weighted by Gasteiger charge is -2.25. The van der Waals surface area contributed by atoms with Crippen molar-refractivity contribution < 1.29 is 13.7 Å². The van der Waals surface area contributed by atoms with E-state index in [-0.39, 0.29) is 17.6 Å². The molecule has 4 rings (SSSR count). The molecule has 6 nitrogen and oxygen atoms in total. The molecule has 1 aliphatic rings. The molecule has 0 unspecified atom stereocenters. The van der Waals surface area contributed by atoms with E-state index >= 15 is 0 Å². The number of likely N-dealkylation sites (tertiary alicyclic amines) is 1. The first-order valence-electron chi connectivity index (χ1n) is 9.72. The van der Waals surface area contributed by atoms with Crippen molar-refractivity contribution in [3.8, 4) is 11.3 Å². The molecule has 0 bridgehead atoms. The Hall–Kier alpha value is -2.86. The molecule has 1 aliphatic heterocycles. The number of hydrogen-bond acceptors (Lipinski definition) is 5. The van der Waals surface area contributed by atoms with Crippen LogP contribution in [0.2, 0.25) is 0 Å². The van der Waals surface area contributed by atoms with Crippen molar-refractivity contribution in [1.29, 1.82) is 0 Å². The zero-order valence-corrected chi connectivity index (χ0v) is 16.3. The summed E-state index contributed by atoms with van der Waals surface area (Å²) >= 11 is 0. The number of aryl methyl sites for hydroxylation is 2. The van der Waals surface area contributed by atoms with Crippen LogP contribution >= 0.6 is 0 Å². The van der Waals surface area contributed by atoms with Crippen molar-refractivity contribution in [1.82, 2.24) is 15.4 Å². The molecule has 1 saturated heterocycles. The van der Waals surface area contributed by atoms with Crippen LogP contribution in [0.4, 0.5) is 0 Å². The highest BCUT2D eigenvalue weighted by atomic mass is 16.5. The normalized spacial score (nSPS) is 15.6. The number of amides is 1. The summed E-state index contributed by atoms with van der Waals surface area (Å²) in [5.41, 5.74) is 2.35. The summed E-state index contributed by atoms with van der Waals surface area (Å²) in [6, 6.07) is 13.6. The first kappa shape index (κ1) is 18.5. The van der Waals surface area contributed by atoms with Gasteiger partial charge in [-0.15, -0.1) is 0 Å². The van der Waals surface area contributed by atoms with Gasteiger partial charge < -0.3 is 14.3 Å². The van der Waals surface area contributed by atoms with E-state index in [1.807, 2.05) is 50.2 Å². The number of rotatable bonds is 6. The molecular formula is C22H25N3O3. The van der Waals surface area contributed by atoms with Gasteiger partial charge in [-0.2, -0.15) is 0 Å². The van der Waals surface area contributed by atoms with Crippen molar-refractivity contribution in [2.45, 2.75) is 32.7 Å². The fraction of sp³-hybridized carbons (Fsp3) is 0.364. The number of hydrogen-bond donors (Lipinski definition) is 1. The second kappa shape index (κ2) is 8.02. The number of nitrogens with one attached hydrogen (secondary N) is 1. The van der Waals surface area contributed by atoms with Crippen LogP contribution < -0.4 is 5.32 Å². The maximum absolute atomic E-state index is 12.6. The van der Waals surface area contributed by atoms with Gasteiger partial charge in [-0.25, -0.2) is 0 Å². The molecule has 1 atom stereocenters. The van der Waals surface area contributed by atoms with Crippen molar-refractivity contribution >= 4 is 5.91 Å². The number of furan rings is 1. The van der Waals surface area contributed by atoms with Crippen LogP contribution in [0.5, 0.6) is 0 Å². The van der Waals surface area contributed by atoms with Gasteiger partial charge in [0.15, 0.2) is 11.5 Å². The molecule has 3 heterocycles. The third kappa shape index (κ3) is 4.02. The lowest BCUT2D eigenvalue weighted by atomic mass is 10.1. The molecule has 1 N–H and O–H groups in total. The van der Waals surface area contributed by atoms with E-state index in [0.717, 1.165) is 30.2 Å². The van der Waals surface area contributed by atoms with Gasteiger partial charge in [0.05, 0.1) is 6.04 Å². The first-order chi connectivity index (χ1) is 13.6. The van der Waals surface area contributed by atoms with Gasteiger partial charge >= 0.3 is 0 Å². The van der Waals surface area contributed by atoms with E-state index in [9.17, 15) is 4.79 Å². The summed E-state index contributed by atoms with van der Waals surface area (Å²) in [6.07, 6.45) is 2.35. The molecule has 2 aromatic heterocycles. The fourth-order valence-electron chi connectivity index (χ4n) is 3.61. The summed E-state index contributed by atoms with van der Waals surface area (Å²) in [7, 11) is 0. The Balaban J connectivity index is 1.44. The zero-order chi connectivity index (χ0) is 19.5. The molecule has 1 fully saturated rings. The highest BCUT2D eigenvalue weighted by molar-refractivity contribution is 5.93. The van der Waals surface area contributed by atoms with Gasteiger partial charge in [-0.05, 0) is 51.9 Å². The lowest BCUT2D eigenvalue weighted by Crippen LogP contribution is -2.36. The van der Waals surface area contributed by atoms with Crippen LogP contribution in [-0.2, 0) is 0 Å². The number of carbonyl (C=O) groups is 1. The minimum Gasteiger partial charge on any atom is -0.465 e. The van der Waals surface area contributed by atoms with Gasteiger partial charge in [0, 0.05) is 18.2 Å². The molecule has 1 aromatic carbocycles. The van der Waals surface area contributed by atoms with E-state index < -0.39 is 0 Å². The second-order valence-electron chi connectivity index (χ2n) is 7.36. The van der Waals surface area contributed by atoms with E-state index in [1.54, 1.807) is 6.07 Å². The van der Waals surface area contributed by atoms with E-state index in [1.165, 1.54) is 18.4 Å². The van der Waals surface area contributed by atoms with Crippen LogP contribution in [0.25, 0.3) is 11.3 Å². The zero-order valence-electron chi connectivity index (χ0n) is 16.3. The van der Waals surface area contributed by atoms with Crippen LogP contribution in [-0.4, -0.2) is 35.6 Å². The third-order valence-corrected chi connectivity index (χ3v) is 5.21. The Morgan fingerprint density at radius 2 is 1.89 bits per heavy atom. The lowest BCUT2D eigenvalue weighted by molar-refractivity contribution is 0.0924. The molecule has 3 aromatic rings. The predicted molar refractivity (Wildman–Crippen MR) is 106 cm³/mol. The Kier molecular flexibility index (Phi) is 5.30. The summed E-state index contributed by atoms with van der Waals surface area (Å²) < 4.78 is 11.2. The molecular weight excluding hydrogens is 354 g/mol. The Bertz CT molecular complexity index is 936. The first-order valence-corrected chi connectivity index (χ1v) is 9.72. The highest BCUT2D eigenvalue weighted by Gasteiger charge is 2.27. The summed E-state index contributed by atoms with van der Waals surface area (Å²) in [4.78, 5) is 15.0. The number of nitrogens with zero attached hydrogens (tertiary/aromatic N) is 2. The van der Waals surface area contributed by atoms with Crippen molar-refractivity contribution in [2.75, 3.05) is 19.6 Å². The largest absolute Gasteiger partial charge is 0.465 e. The van der Waals surface area contributed by atoms with Gasteiger partial charge in [0.2, 0.25) is 0 Å². The van der Waals surface area contributed by atoms with Crippen molar-refractivity contribution in [3.63, 3.8) is 0 Å². The van der Waals surface area contributed by atoms with E-state index in [2.05, 4.69) is 15.4 Å². The number of aromatic nitrogens is 1. The Morgan fingerprint density at radius 3 is 2.57 bits per heavy atom. The standard InChI is InChI=1S/C22H25N3O3/c1-15-5-8-17(9-6-15)21-13-18(24-28-21)22(26)23-14-19(25-11-3-4-12-25)20-10-7-16(2)27-20/h5-10,13,19H,3-4,11-12,14H2,1-2H3,(H,23,26)/t19-/m1/s1. The van der Waals surface area contributed by atoms with Crippen molar-refractivity contribution in [3.05, 3.63) is 65.2 Å². The molecule has 1 amide bonds. The molecule has 0 radical (unpaired) electrons. The van der Waals surface area contributed by atoms with Gasteiger partial charge in [-0.1, -0.05) is 35.0 Å². The maximum atomic E-state index is 12.6. The monoisotopic (exact) mass is 379 g/mol. The fourth-order valence-corrected chi connectivity index (χ4v) is 3.61. The van der Waals surface area contributed by atoms with Gasteiger partial charge in [0.25, 0.3) is 5.91 Å². The second-order valence-corrected chi connectivity index (χ2v) is 7.36. The summed E-state index contributed by atoms with van der Waals surface area (Å²) in [6.45, 7) is 6.47. The van der Waals surface area contributed by atoms with Gasteiger partial charge in [0.1, 0.15) is 11.5 Å². The summed E-state index contributed by atoms with van der Waals surface area (Å²) in [5.74, 6) is 2.11. The SMILES string of the molecule is Cc1ccc(-c2cc(C(=O)NC[C@H](c3ccc(C)o3)N3CCCC3)no2)cc1. The molecule has 146 valence electrons. The smallest absolute Gasteiger partial charge is 0.273 e. The van der Waals surface area contributed by atoms with Crippen LogP contribution in [0.15, 0.2) is 51.4 Å². The molecule has 0 spiro atoms. The Morgan fingerprint density at radius 1 is 1.14 bits per heavy atom. The third-order valence-electron chi connectivity index (χ3n) is 5.21. The average Bonchev–Trinajstić information content (AvgIpc) is 3.44. The summed E-state index contributed by atoms with van der Waals surface area (Å²) in [5, 5.41) is 6.94. The van der Waals surface area contributed by atoms with Gasteiger partial charge in [-0.3, -0.25) is 9.69 Å². The number of carbonyl (C=O) groups excluding carboxylic acids is 1. The van der Waals surface area contributed by atoms with E-state index in [4.69, 9.17) is 8.94 Å². The molecule has 6 heteroatoms. The van der Waals surface area contributed by atoms with Crippen LogP contribution in [0, 0.1) is 13.8 Å². The highest BCUT2D eigenvalue weighted by Crippen LogP contribution is 2.26. The Labute approximate surface area is 164 Å². The quantitative estimate of drug-likeness (QED) is 0.698. The molecule has 0 aliphatic carbocycles. The average molecular weight is 379 g/mol. The maximum Gasteiger partial charge on any atom is 0.273 e. The van der Waals surface area contributed by atoms with Crippen LogP contribution in [0.3, 0.4) is 0 Å².